The third kappa shape index (κ3) is 5.54. The summed E-state index contributed by atoms with van der Waals surface area (Å²) in [6.07, 6.45) is 1.29. The Morgan fingerprint density at radius 2 is 1.54 bits per heavy atom. The number of hydrogen-bond donors (Lipinski definition) is 1. The molecule has 0 unspecified atom stereocenters. The fraction of sp³-hybridized carbons (Fsp3) is 0.300. The SMILES string of the molecule is CCc1ccc(CN(C)C(=O)CNC(=O)Cc2ccccc2)cc1. The van der Waals surface area contributed by atoms with E-state index in [4.69, 9.17) is 0 Å². The third-order valence-electron chi connectivity index (χ3n) is 3.92. The van der Waals surface area contributed by atoms with Gasteiger partial charge < -0.3 is 10.2 Å². The van der Waals surface area contributed by atoms with Crippen LogP contribution in [0.1, 0.15) is 23.6 Å². The summed E-state index contributed by atoms with van der Waals surface area (Å²) in [5.74, 6) is -0.244. The van der Waals surface area contributed by atoms with Gasteiger partial charge in [0.25, 0.3) is 0 Å². The summed E-state index contributed by atoms with van der Waals surface area (Å²) in [6.45, 7) is 2.68. The quantitative estimate of drug-likeness (QED) is 0.851. The van der Waals surface area contributed by atoms with Crippen molar-refractivity contribution in [2.45, 2.75) is 26.3 Å². The fourth-order valence-corrected chi connectivity index (χ4v) is 2.40. The number of amides is 2. The maximum atomic E-state index is 12.1. The topological polar surface area (TPSA) is 49.4 Å². The van der Waals surface area contributed by atoms with Crippen molar-refractivity contribution >= 4 is 11.8 Å². The van der Waals surface area contributed by atoms with Crippen molar-refractivity contribution in [1.82, 2.24) is 10.2 Å². The number of nitrogens with one attached hydrogen (secondary N) is 1. The Kier molecular flexibility index (Phi) is 6.55. The van der Waals surface area contributed by atoms with Crippen LogP contribution in [0.25, 0.3) is 0 Å². The van der Waals surface area contributed by atoms with Gasteiger partial charge in [-0.05, 0) is 23.1 Å². The lowest BCUT2D eigenvalue weighted by molar-refractivity contribution is -0.132. The van der Waals surface area contributed by atoms with E-state index in [1.54, 1.807) is 11.9 Å². The molecule has 0 radical (unpaired) electrons. The van der Waals surface area contributed by atoms with Gasteiger partial charge in [0.05, 0.1) is 13.0 Å². The highest BCUT2D eigenvalue weighted by molar-refractivity contribution is 5.85. The van der Waals surface area contributed by atoms with Crippen molar-refractivity contribution in [2.24, 2.45) is 0 Å². The first-order valence-electron chi connectivity index (χ1n) is 8.21. The molecule has 0 aliphatic carbocycles. The van der Waals surface area contributed by atoms with Crippen molar-refractivity contribution in [2.75, 3.05) is 13.6 Å². The van der Waals surface area contributed by atoms with Crippen molar-refractivity contribution in [3.63, 3.8) is 0 Å². The van der Waals surface area contributed by atoms with Gasteiger partial charge in [0, 0.05) is 13.6 Å². The molecular formula is C20H24N2O2. The lowest BCUT2D eigenvalue weighted by Crippen LogP contribution is -2.38. The van der Waals surface area contributed by atoms with Crippen molar-refractivity contribution < 1.29 is 9.59 Å². The van der Waals surface area contributed by atoms with E-state index in [0.29, 0.717) is 6.54 Å². The van der Waals surface area contributed by atoms with E-state index in [-0.39, 0.29) is 24.8 Å². The van der Waals surface area contributed by atoms with E-state index in [1.807, 2.05) is 42.5 Å². The number of rotatable bonds is 7. The van der Waals surface area contributed by atoms with Gasteiger partial charge in [0.15, 0.2) is 0 Å². The molecule has 24 heavy (non-hydrogen) atoms. The third-order valence-corrected chi connectivity index (χ3v) is 3.92. The molecule has 2 amide bonds. The molecule has 0 bridgehead atoms. The first-order valence-corrected chi connectivity index (χ1v) is 8.21. The summed E-state index contributed by atoms with van der Waals surface area (Å²) in [5, 5.41) is 2.69. The maximum Gasteiger partial charge on any atom is 0.242 e. The van der Waals surface area contributed by atoms with E-state index >= 15 is 0 Å². The molecule has 126 valence electrons. The van der Waals surface area contributed by atoms with E-state index in [2.05, 4.69) is 24.4 Å². The van der Waals surface area contributed by atoms with Crippen LogP contribution < -0.4 is 5.32 Å². The largest absolute Gasteiger partial charge is 0.347 e. The summed E-state index contributed by atoms with van der Waals surface area (Å²) >= 11 is 0. The lowest BCUT2D eigenvalue weighted by Gasteiger charge is -2.18. The number of nitrogens with zero attached hydrogens (tertiary/aromatic N) is 1. The van der Waals surface area contributed by atoms with Crippen LogP contribution in [0.2, 0.25) is 0 Å². The van der Waals surface area contributed by atoms with Crippen LogP contribution in [-0.2, 0) is 29.0 Å². The second-order valence-electron chi connectivity index (χ2n) is 5.86. The van der Waals surface area contributed by atoms with Crippen LogP contribution in [0, 0.1) is 0 Å². The van der Waals surface area contributed by atoms with Gasteiger partial charge in [-0.1, -0.05) is 61.5 Å². The van der Waals surface area contributed by atoms with Crippen LogP contribution in [0.4, 0.5) is 0 Å². The molecule has 0 saturated heterocycles. The number of likely N-dealkylation sites (N-methyl/N-ethyl adjacent to an activating group) is 1. The molecule has 0 aromatic heterocycles. The normalized spacial score (nSPS) is 10.2. The minimum absolute atomic E-state index is 0.0230. The first-order chi connectivity index (χ1) is 11.6. The highest BCUT2D eigenvalue weighted by Gasteiger charge is 2.11. The van der Waals surface area contributed by atoms with Crippen LogP contribution in [0.15, 0.2) is 54.6 Å². The Hall–Kier alpha value is -2.62. The molecule has 0 spiro atoms. The fourth-order valence-electron chi connectivity index (χ4n) is 2.40. The molecule has 0 atom stereocenters. The minimum Gasteiger partial charge on any atom is -0.347 e. The van der Waals surface area contributed by atoms with Crippen LogP contribution in [0.3, 0.4) is 0 Å². The summed E-state index contributed by atoms with van der Waals surface area (Å²) in [6, 6.07) is 17.7. The van der Waals surface area contributed by atoms with Crippen LogP contribution >= 0.6 is 0 Å². The number of aryl methyl sites for hydroxylation is 1. The van der Waals surface area contributed by atoms with Gasteiger partial charge in [-0.2, -0.15) is 0 Å². The second-order valence-corrected chi connectivity index (χ2v) is 5.86. The number of carbonyl (C=O) groups is 2. The zero-order chi connectivity index (χ0) is 17.4. The second kappa shape index (κ2) is 8.87. The highest BCUT2D eigenvalue weighted by Crippen LogP contribution is 2.07. The van der Waals surface area contributed by atoms with Gasteiger partial charge >= 0.3 is 0 Å². The molecule has 2 aromatic carbocycles. The average Bonchev–Trinajstić information content (AvgIpc) is 2.61. The molecule has 2 rings (SSSR count). The van der Waals surface area contributed by atoms with Crippen molar-refractivity contribution in [1.29, 1.82) is 0 Å². The Bertz CT molecular complexity index is 666. The van der Waals surface area contributed by atoms with Crippen molar-refractivity contribution in [3.8, 4) is 0 Å². The smallest absolute Gasteiger partial charge is 0.242 e. The van der Waals surface area contributed by atoms with Gasteiger partial charge in [0.2, 0.25) is 11.8 Å². The first kappa shape index (κ1) is 17.7. The Morgan fingerprint density at radius 1 is 0.917 bits per heavy atom. The Morgan fingerprint density at radius 3 is 2.17 bits per heavy atom. The van der Waals surface area contributed by atoms with Crippen LogP contribution in [-0.4, -0.2) is 30.3 Å². The van der Waals surface area contributed by atoms with E-state index in [9.17, 15) is 9.59 Å². The zero-order valence-electron chi connectivity index (χ0n) is 14.3. The van der Waals surface area contributed by atoms with Crippen molar-refractivity contribution in [3.05, 3.63) is 71.3 Å². The number of hydrogen-bond acceptors (Lipinski definition) is 2. The van der Waals surface area contributed by atoms with E-state index < -0.39 is 0 Å². The summed E-state index contributed by atoms with van der Waals surface area (Å²) in [5.41, 5.74) is 3.30. The number of carbonyl (C=O) groups excluding carboxylic acids is 2. The van der Waals surface area contributed by atoms with Crippen LogP contribution in [0.5, 0.6) is 0 Å². The summed E-state index contributed by atoms with van der Waals surface area (Å²) < 4.78 is 0. The van der Waals surface area contributed by atoms with E-state index in [1.165, 1.54) is 5.56 Å². The highest BCUT2D eigenvalue weighted by atomic mass is 16.2. The molecule has 4 nitrogen and oxygen atoms in total. The molecule has 1 N–H and O–H groups in total. The molecule has 0 fully saturated rings. The average molecular weight is 324 g/mol. The minimum atomic E-state index is -0.143. The Labute approximate surface area is 143 Å². The molecule has 4 heteroatoms. The lowest BCUT2D eigenvalue weighted by atomic mass is 10.1. The molecule has 0 aliphatic heterocycles. The maximum absolute atomic E-state index is 12.1. The monoisotopic (exact) mass is 324 g/mol. The molecule has 0 aliphatic rings. The molecule has 0 heterocycles. The summed E-state index contributed by atoms with van der Waals surface area (Å²) in [7, 11) is 1.75. The predicted molar refractivity (Wildman–Crippen MR) is 95.4 cm³/mol. The van der Waals surface area contributed by atoms with Gasteiger partial charge in [0.1, 0.15) is 0 Å². The molecule has 0 saturated carbocycles. The van der Waals surface area contributed by atoms with Gasteiger partial charge in [-0.3, -0.25) is 9.59 Å². The molecule has 2 aromatic rings. The van der Waals surface area contributed by atoms with Gasteiger partial charge in [-0.15, -0.1) is 0 Å². The standard InChI is InChI=1S/C20H24N2O2/c1-3-16-9-11-18(12-10-16)15-22(2)20(24)14-21-19(23)13-17-7-5-4-6-8-17/h4-12H,3,13-15H2,1-2H3,(H,21,23). The van der Waals surface area contributed by atoms with E-state index in [0.717, 1.165) is 17.5 Å². The number of benzene rings is 2. The molecular weight excluding hydrogens is 300 g/mol. The zero-order valence-corrected chi connectivity index (χ0v) is 14.3. The predicted octanol–water partition coefficient (Wildman–Crippen LogP) is 2.57. The Balaban J connectivity index is 1.77. The van der Waals surface area contributed by atoms with Gasteiger partial charge in [-0.25, -0.2) is 0 Å². The summed E-state index contributed by atoms with van der Waals surface area (Å²) in [4.78, 5) is 25.7.